The van der Waals surface area contributed by atoms with Crippen molar-refractivity contribution in [2.75, 3.05) is 4.31 Å². The van der Waals surface area contributed by atoms with Crippen LogP contribution >= 0.6 is 11.7 Å². The zero-order valence-corrected chi connectivity index (χ0v) is 20.2. The second kappa shape index (κ2) is 8.56. The quantitative estimate of drug-likeness (QED) is 0.393. The van der Waals surface area contributed by atoms with Crippen molar-refractivity contribution in [1.29, 1.82) is 0 Å². The van der Waals surface area contributed by atoms with Gasteiger partial charge in [-0.2, -0.15) is 21.9 Å². The van der Waals surface area contributed by atoms with Crippen LogP contribution in [0.4, 0.5) is 18.9 Å². The standard InChI is InChI=1S/C24H18F3N3O4S2/c1-2-13-11-14(12-17-21(13)29-35-28-17)20-15-7-3-6-10-19(15)36(33,34)30(22(20)23(31)32)18-9-5-4-8-16(18)24(25,26)27/h3-12,20,22H,2H2,1H3,(H,31,32). The molecule has 1 N–H and O–H groups in total. The van der Waals surface area contributed by atoms with E-state index in [0.717, 1.165) is 35.5 Å². The van der Waals surface area contributed by atoms with E-state index in [0.29, 0.717) is 27.3 Å². The van der Waals surface area contributed by atoms with E-state index < -0.39 is 45.4 Å². The van der Waals surface area contributed by atoms with Gasteiger partial charge in [-0.1, -0.05) is 43.3 Å². The molecule has 0 aliphatic carbocycles. The number of halogens is 3. The predicted molar refractivity (Wildman–Crippen MR) is 128 cm³/mol. The lowest BCUT2D eigenvalue weighted by atomic mass is 9.83. The van der Waals surface area contributed by atoms with Crippen molar-refractivity contribution in [3.63, 3.8) is 0 Å². The average Bonchev–Trinajstić information content (AvgIpc) is 3.31. The first-order valence-corrected chi connectivity index (χ1v) is 13.0. The van der Waals surface area contributed by atoms with E-state index in [2.05, 4.69) is 8.75 Å². The Morgan fingerprint density at radius 1 is 1.08 bits per heavy atom. The second-order valence-electron chi connectivity index (χ2n) is 8.28. The van der Waals surface area contributed by atoms with Crippen molar-refractivity contribution in [1.82, 2.24) is 8.75 Å². The molecular formula is C24H18F3N3O4S2. The fourth-order valence-corrected chi connectivity index (χ4v) is 7.20. The number of aromatic nitrogens is 2. The number of carboxylic acid groups (broad SMARTS) is 1. The summed E-state index contributed by atoms with van der Waals surface area (Å²) in [4.78, 5) is 12.5. The van der Waals surface area contributed by atoms with Crippen molar-refractivity contribution < 1.29 is 31.5 Å². The van der Waals surface area contributed by atoms with Crippen LogP contribution in [0.5, 0.6) is 0 Å². The van der Waals surface area contributed by atoms with Gasteiger partial charge in [-0.3, -0.25) is 4.31 Å². The third-order valence-corrected chi connectivity index (χ3v) is 8.67. The molecule has 186 valence electrons. The molecule has 2 atom stereocenters. The van der Waals surface area contributed by atoms with Crippen LogP contribution < -0.4 is 4.31 Å². The predicted octanol–water partition coefficient (Wildman–Crippen LogP) is 5.07. The Bertz CT molecular complexity index is 1600. The maximum atomic E-state index is 14.0. The summed E-state index contributed by atoms with van der Waals surface area (Å²) in [6.07, 6.45) is -4.37. The Balaban J connectivity index is 1.86. The summed E-state index contributed by atoms with van der Waals surface area (Å²) in [6.45, 7) is 1.89. The first-order valence-electron chi connectivity index (χ1n) is 10.8. The number of sulfonamides is 1. The molecule has 2 unspecified atom stereocenters. The van der Waals surface area contributed by atoms with E-state index in [1.54, 1.807) is 18.2 Å². The minimum Gasteiger partial charge on any atom is -0.480 e. The number of nitrogens with zero attached hydrogens (tertiary/aromatic N) is 3. The zero-order chi connectivity index (χ0) is 25.8. The summed E-state index contributed by atoms with van der Waals surface area (Å²) in [5, 5.41) is 10.3. The Hall–Kier alpha value is -3.51. The highest BCUT2D eigenvalue weighted by atomic mass is 32.2. The van der Waals surface area contributed by atoms with Crippen LogP contribution in [0.2, 0.25) is 0 Å². The highest BCUT2D eigenvalue weighted by molar-refractivity contribution is 7.93. The van der Waals surface area contributed by atoms with E-state index in [1.165, 1.54) is 24.3 Å². The smallest absolute Gasteiger partial charge is 0.418 e. The molecule has 1 aromatic heterocycles. The molecule has 1 aliphatic rings. The highest BCUT2D eigenvalue weighted by Crippen LogP contribution is 2.47. The lowest BCUT2D eigenvalue weighted by molar-refractivity contribution is -0.140. The maximum Gasteiger partial charge on any atom is 0.418 e. The van der Waals surface area contributed by atoms with Gasteiger partial charge in [-0.25, -0.2) is 13.2 Å². The zero-order valence-electron chi connectivity index (χ0n) is 18.6. The number of carboxylic acids is 1. The van der Waals surface area contributed by atoms with Gasteiger partial charge in [-0.05, 0) is 47.4 Å². The number of para-hydroxylation sites is 1. The van der Waals surface area contributed by atoms with Gasteiger partial charge in [0.2, 0.25) is 0 Å². The summed E-state index contributed by atoms with van der Waals surface area (Å²) in [7, 11) is -4.67. The Kier molecular flexibility index (Phi) is 5.75. The average molecular weight is 534 g/mol. The molecule has 0 saturated heterocycles. The molecule has 2 heterocycles. The molecule has 36 heavy (non-hydrogen) atoms. The van der Waals surface area contributed by atoms with Gasteiger partial charge >= 0.3 is 12.1 Å². The molecule has 7 nitrogen and oxygen atoms in total. The van der Waals surface area contributed by atoms with Crippen LogP contribution in [-0.4, -0.2) is 34.3 Å². The summed E-state index contributed by atoms with van der Waals surface area (Å²) in [6, 6.07) is 11.4. The molecule has 12 heteroatoms. The van der Waals surface area contributed by atoms with Gasteiger partial charge in [0.15, 0.2) is 6.04 Å². The van der Waals surface area contributed by atoms with Gasteiger partial charge in [0.1, 0.15) is 11.0 Å². The van der Waals surface area contributed by atoms with Crippen LogP contribution in [-0.2, 0) is 27.4 Å². The van der Waals surface area contributed by atoms with Gasteiger partial charge in [-0.15, -0.1) is 0 Å². The van der Waals surface area contributed by atoms with E-state index in [4.69, 9.17) is 0 Å². The van der Waals surface area contributed by atoms with Crippen LogP contribution in [0.1, 0.15) is 35.1 Å². The number of fused-ring (bicyclic) bond motifs is 2. The van der Waals surface area contributed by atoms with E-state index >= 15 is 0 Å². The first kappa shape index (κ1) is 24.2. The van der Waals surface area contributed by atoms with E-state index in [1.807, 2.05) is 6.92 Å². The van der Waals surface area contributed by atoms with Crippen LogP contribution in [0.25, 0.3) is 11.0 Å². The number of benzene rings is 3. The van der Waals surface area contributed by atoms with Crippen LogP contribution in [0.15, 0.2) is 65.6 Å². The Morgan fingerprint density at radius 3 is 2.47 bits per heavy atom. The largest absolute Gasteiger partial charge is 0.480 e. The number of alkyl halides is 3. The normalized spacial score (nSPS) is 19.3. The molecule has 3 aromatic carbocycles. The van der Waals surface area contributed by atoms with E-state index in [9.17, 15) is 31.5 Å². The number of hydrogen-bond donors (Lipinski definition) is 1. The molecule has 0 bridgehead atoms. The van der Waals surface area contributed by atoms with Gasteiger partial charge in [0, 0.05) is 5.92 Å². The van der Waals surface area contributed by atoms with Crippen molar-refractivity contribution in [3.8, 4) is 0 Å². The fraction of sp³-hybridized carbons (Fsp3) is 0.208. The van der Waals surface area contributed by atoms with Gasteiger partial charge < -0.3 is 5.11 Å². The maximum absolute atomic E-state index is 14.0. The molecule has 0 radical (unpaired) electrons. The van der Waals surface area contributed by atoms with Crippen molar-refractivity contribution in [2.45, 2.75) is 36.4 Å². The second-order valence-corrected chi connectivity index (χ2v) is 10.6. The van der Waals surface area contributed by atoms with Crippen LogP contribution in [0, 0.1) is 0 Å². The monoisotopic (exact) mass is 533 g/mol. The number of hydrogen-bond acceptors (Lipinski definition) is 6. The molecular weight excluding hydrogens is 515 g/mol. The third kappa shape index (κ3) is 3.71. The molecule has 0 amide bonds. The lowest BCUT2D eigenvalue weighted by Gasteiger charge is -2.41. The van der Waals surface area contributed by atoms with Gasteiger partial charge in [0.05, 0.1) is 27.9 Å². The minimum absolute atomic E-state index is 0.190. The molecule has 0 spiro atoms. The SMILES string of the molecule is CCc1cc(C2c3ccccc3S(=O)(=O)N(c3ccccc3C(F)(F)F)C2C(=O)O)cc2nsnc12. The Labute approximate surface area is 208 Å². The van der Waals surface area contributed by atoms with Crippen molar-refractivity contribution >= 4 is 44.4 Å². The number of aryl methyl sites for hydroxylation is 1. The van der Waals surface area contributed by atoms with Crippen LogP contribution in [0.3, 0.4) is 0 Å². The number of carbonyl (C=O) groups is 1. The topological polar surface area (TPSA) is 100 Å². The summed E-state index contributed by atoms with van der Waals surface area (Å²) >= 11 is 0.985. The summed E-state index contributed by atoms with van der Waals surface area (Å²) < 4.78 is 78.3. The fourth-order valence-electron chi connectivity index (χ4n) is 4.75. The number of aliphatic carboxylic acids is 1. The molecule has 0 fully saturated rings. The van der Waals surface area contributed by atoms with E-state index in [-0.39, 0.29) is 10.5 Å². The molecule has 0 saturated carbocycles. The minimum atomic E-state index is -4.91. The summed E-state index contributed by atoms with van der Waals surface area (Å²) in [5.41, 5.74) is 0.552. The van der Waals surface area contributed by atoms with Crippen molar-refractivity contribution in [3.05, 3.63) is 82.9 Å². The number of rotatable bonds is 4. The summed E-state index contributed by atoms with van der Waals surface area (Å²) in [5.74, 6) is -2.69. The van der Waals surface area contributed by atoms with Gasteiger partial charge in [0.25, 0.3) is 10.0 Å². The highest BCUT2D eigenvalue weighted by Gasteiger charge is 2.51. The Morgan fingerprint density at radius 2 is 1.78 bits per heavy atom. The number of anilines is 1. The van der Waals surface area contributed by atoms with Crippen molar-refractivity contribution in [2.24, 2.45) is 0 Å². The molecule has 1 aliphatic heterocycles. The molecule has 5 rings (SSSR count). The third-order valence-electron chi connectivity index (χ3n) is 6.26. The molecule has 4 aromatic rings. The lowest BCUT2D eigenvalue weighted by Crippen LogP contribution is -2.53. The first-order chi connectivity index (χ1) is 17.1.